The van der Waals surface area contributed by atoms with Crippen LogP contribution in [-0.2, 0) is 24.3 Å². The Bertz CT molecular complexity index is 1080. The minimum atomic E-state index is -4.49. The molecule has 1 aromatic carbocycles. The fourth-order valence-electron chi connectivity index (χ4n) is 2.71. The maximum atomic E-state index is 12.8. The molecule has 0 fully saturated rings. The smallest absolute Gasteiger partial charge is 0.365 e. The maximum absolute atomic E-state index is 12.8. The number of aromatic nitrogens is 4. The second kappa shape index (κ2) is 7.80. The molecule has 0 saturated carbocycles. The quantitative estimate of drug-likeness (QED) is 0.467. The van der Waals surface area contributed by atoms with Gasteiger partial charge in [0, 0.05) is 31.5 Å². The molecule has 6 nitrogen and oxygen atoms in total. The number of alkyl halides is 3. The van der Waals surface area contributed by atoms with Crippen LogP contribution in [0.4, 0.5) is 19.0 Å². The van der Waals surface area contributed by atoms with Crippen molar-refractivity contribution >= 4 is 29.9 Å². The predicted molar refractivity (Wildman–Crippen MR) is 107 cm³/mol. The lowest BCUT2D eigenvalue weighted by Gasteiger charge is -2.14. The van der Waals surface area contributed by atoms with Gasteiger partial charge in [-0.3, -0.25) is 0 Å². The lowest BCUT2D eigenvalue weighted by atomic mass is 10.1. The molecule has 0 aliphatic rings. The second-order valence-corrected chi connectivity index (χ2v) is 10.4. The summed E-state index contributed by atoms with van der Waals surface area (Å²) in [5.41, 5.74) is 0.475. The van der Waals surface area contributed by atoms with Crippen LogP contribution in [0.5, 0.6) is 0 Å². The van der Waals surface area contributed by atoms with Crippen LogP contribution in [0.1, 0.15) is 11.3 Å². The summed E-state index contributed by atoms with van der Waals surface area (Å²) in [4.78, 5) is 11.7. The molecule has 0 unspecified atom stereocenters. The lowest BCUT2D eigenvalue weighted by Crippen LogP contribution is -2.15. The summed E-state index contributed by atoms with van der Waals surface area (Å²) in [6.07, 6.45) is -2.09. The zero-order valence-electron chi connectivity index (χ0n) is 15.8. The molecule has 154 valence electrons. The highest BCUT2D eigenvalue weighted by Gasteiger charge is 2.34. The van der Waals surface area contributed by atoms with Gasteiger partial charge in [0.25, 0.3) is 0 Å². The maximum Gasteiger partial charge on any atom is 0.434 e. The number of nitrogens with zero attached hydrogens (tertiary/aromatic N) is 4. The van der Waals surface area contributed by atoms with E-state index in [1.807, 2.05) is 0 Å². The third-order valence-corrected chi connectivity index (χ3v) is 5.83. The fourth-order valence-corrected chi connectivity index (χ4v) is 3.81. The fraction of sp³-hybridized carbons (Fsp3) is 0.278. The van der Waals surface area contributed by atoms with Gasteiger partial charge in [0.15, 0.2) is 5.69 Å². The first-order valence-electron chi connectivity index (χ1n) is 8.47. The molecule has 2 heterocycles. The van der Waals surface area contributed by atoms with Crippen LogP contribution in [0.2, 0.25) is 5.28 Å². The average molecular weight is 444 g/mol. The van der Waals surface area contributed by atoms with Gasteiger partial charge in [0.2, 0.25) is 5.28 Å². The predicted octanol–water partition coefficient (Wildman–Crippen LogP) is 4.41. The number of hydrogen-bond donors (Lipinski definition) is 1. The van der Waals surface area contributed by atoms with E-state index in [0.717, 1.165) is 11.8 Å². The molecule has 0 saturated heterocycles. The molecule has 0 radical (unpaired) electrons. The first kappa shape index (κ1) is 21.3. The van der Waals surface area contributed by atoms with Crippen LogP contribution in [0, 0.1) is 0 Å². The SMILES string of the molecule is Cn1cc(C(F)(F)F)nc1-c1ccc(CNc2nc(Cl)ncc2P(C)(C)=O)cc1. The van der Waals surface area contributed by atoms with Crippen LogP contribution in [0.3, 0.4) is 0 Å². The van der Waals surface area contributed by atoms with Crippen molar-refractivity contribution in [3.05, 3.63) is 53.2 Å². The Morgan fingerprint density at radius 2 is 1.83 bits per heavy atom. The van der Waals surface area contributed by atoms with Gasteiger partial charge < -0.3 is 14.4 Å². The van der Waals surface area contributed by atoms with E-state index in [9.17, 15) is 17.7 Å². The number of imidazole rings is 1. The Labute approximate surface area is 170 Å². The molecule has 0 atom stereocenters. The summed E-state index contributed by atoms with van der Waals surface area (Å²) in [5.74, 6) is 0.612. The second-order valence-electron chi connectivity index (χ2n) is 6.83. The number of halogens is 4. The van der Waals surface area contributed by atoms with Crippen LogP contribution in [0.25, 0.3) is 11.4 Å². The van der Waals surface area contributed by atoms with Gasteiger partial charge in [-0.1, -0.05) is 24.3 Å². The number of rotatable bonds is 5. The summed E-state index contributed by atoms with van der Waals surface area (Å²) in [6.45, 7) is 3.58. The zero-order valence-corrected chi connectivity index (χ0v) is 17.5. The first-order valence-corrected chi connectivity index (χ1v) is 11.4. The molecular weight excluding hydrogens is 426 g/mol. The molecule has 11 heteroatoms. The molecule has 2 aromatic heterocycles. The third kappa shape index (κ3) is 4.97. The van der Waals surface area contributed by atoms with E-state index in [2.05, 4.69) is 20.3 Å². The van der Waals surface area contributed by atoms with Crippen molar-refractivity contribution in [1.29, 1.82) is 0 Å². The Hall–Kier alpha value is -2.38. The van der Waals surface area contributed by atoms with Gasteiger partial charge in [0.1, 0.15) is 18.8 Å². The third-order valence-electron chi connectivity index (χ3n) is 4.16. The molecule has 0 aliphatic heterocycles. The molecule has 29 heavy (non-hydrogen) atoms. The Morgan fingerprint density at radius 1 is 1.17 bits per heavy atom. The summed E-state index contributed by atoms with van der Waals surface area (Å²) in [5, 5.41) is 3.62. The van der Waals surface area contributed by atoms with Crippen molar-refractivity contribution in [1.82, 2.24) is 19.5 Å². The highest BCUT2D eigenvalue weighted by atomic mass is 35.5. The van der Waals surface area contributed by atoms with Gasteiger partial charge in [-0.25, -0.2) is 15.0 Å². The molecule has 1 N–H and O–H groups in total. The van der Waals surface area contributed by atoms with Gasteiger partial charge >= 0.3 is 6.18 Å². The number of benzene rings is 1. The van der Waals surface area contributed by atoms with Crippen LogP contribution in [-0.4, -0.2) is 32.8 Å². The minimum Gasteiger partial charge on any atom is -0.365 e. The summed E-state index contributed by atoms with van der Waals surface area (Å²) in [6, 6.07) is 6.92. The molecule has 0 bridgehead atoms. The standard InChI is InChI=1S/C18H18ClF3N5OP/c1-27-10-14(18(20,21)22)25-16(27)12-6-4-11(5-7-12)8-23-15-13(29(2,3)28)9-24-17(19)26-15/h4-7,9-10H,8H2,1-3H3,(H,23,24,26). The minimum absolute atomic E-state index is 0.0373. The van der Waals surface area contributed by atoms with Gasteiger partial charge in [-0.05, 0) is 30.5 Å². The monoisotopic (exact) mass is 443 g/mol. The van der Waals surface area contributed by atoms with Crippen molar-refractivity contribution in [3.63, 3.8) is 0 Å². The summed E-state index contributed by atoms with van der Waals surface area (Å²) >= 11 is 5.84. The van der Waals surface area contributed by atoms with Gasteiger partial charge in [0.05, 0.1) is 5.30 Å². The summed E-state index contributed by atoms with van der Waals surface area (Å²) < 4.78 is 52.3. The van der Waals surface area contributed by atoms with Crippen molar-refractivity contribution in [3.8, 4) is 11.4 Å². The van der Waals surface area contributed by atoms with E-state index in [1.165, 1.54) is 17.8 Å². The van der Waals surface area contributed by atoms with E-state index in [1.54, 1.807) is 37.6 Å². The highest BCUT2D eigenvalue weighted by Crippen LogP contribution is 2.37. The van der Waals surface area contributed by atoms with E-state index in [4.69, 9.17) is 11.6 Å². The van der Waals surface area contributed by atoms with E-state index in [-0.39, 0.29) is 11.1 Å². The van der Waals surface area contributed by atoms with Gasteiger partial charge in [-0.2, -0.15) is 13.2 Å². The lowest BCUT2D eigenvalue weighted by molar-refractivity contribution is -0.140. The van der Waals surface area contributed by atoms with Crippen LogP contribution < -0.4 is 10.6 Å². The number of nitrogens with one attached hydrogen (secondary N) is 1. The van der Waals surface area contributed by atoms with Crippen LogP contribution >= 0.6 is 18.7 Å². The molecule has 0 aliphatic carbocycles. The number of anilines is 1. The number of hydrogen-bond acceptors (Lipinski definition) is 5. The molecule has 3 aromatic rings. The number of aryl methyl sites for hydroxylation is 1. The first-order chi connectivity index (χ1) is 13.4. The highest BCUT2D eigenvalue weighted by molar-refractivity contribution is 7.70. The normalized spacial score (nSPS) is 12.2. The van der Waals surface area contributed by atoms with Crippen LogP contribution in [0.15, 0.2) is 36.7 Å². The Kier molecular flexibility index (Phi) is 5.74. The molecular formula is C18H18ClF3N5OP. The van der Waals surface area contributed by atoms with Crippen molar-refractivity contribution in [2.24, 2.45) is 7.05 Å². The molecule has 3 rings (SSSR count). The summed E-state index contributed by atoms with van der Waals surface area (Å²) in [7, 11) is -1.10. The average Bonchev–Trinajstić information content (AvgIpc) is 3.01. The molecule has 0 spiro atoms. The molecule has 0 amide bonds. The van der Waals surface area contributed by atoms with E-state index >= 15 is 0 Å². The zero-order chi connectivity index (χ0) is 21.4. The Morgan fingerprint density at radius 3 is 2.38 bits per heavy atom. The van der Waals surface area contributed by atoms with Crippen molar-refractivity contribution in [2.75, 3.05) is 18.6 Å². The van der Waals surface area contributed by atoms with E-state index in [0.29, 0.717) is 23.2 Å². The van der Waals surface area contributed by atoms with Crippen molar-refractivity contribution < 1.29 is 17.7 Å². The Balaban J connectivity index is 1.79. The van der Waals surface area contributed by atoms with Gasteiger partial charge in [-0.15, -0.1) is 0 Å². The largest absolute Gasteiger partial charge is 0.434 e. The van der Waals surface area contributed by atoms with Crippen molar-refractivity contribution in [2.45, 2.75) is 12.7 Å². The topological polar surface area (TPSA) is 72.7 Å². The van der Waals surface area contributed by atoms with E-state index < -0.39 is 19.0 Å².